The van der Waals surface area contributed by atoms with Gasteiger partial charge in [0.25, 0.3) is 0 Å². The molecular weight excluding hydrogens is 1840 g/mol. The van der Waals surface area contributed by atoms with Crippen LogP contribution in [-0.4, -0.2) is 312 Å². The molecule has 36 nitrogen and oxygen atoms in total. The molecule has 0 spiro atoms. The Morgan fingerprint density at radius 1 is 0.485 bits per heavy atom. The molecule has 2 N–H and O–H groups in total. The van der Waals surface area contributed by atoms with Crippen molar-refractivity contribution in [2.75, 3.05) is 55.6 Å². The Kier molecular flexibility index (Phi) is 37.8. The van der Waals surface area contributed by atoms with Gasteiger partial charge in [0.2, 0.25) is 7.59 Å². The first-order valence-electron chi connectivity index (χ1n) is 44.7. The fourth-order valence-electron chi connectivity index (χ4n) is 20.6. The van der Waals surface area contributed by atoms with Crippen molar-refractivity contribution in [3.63, 3.8) is 0 Å². The number of likely N-dealkylation sites (N-methyl/N-ethyl adjacent to an activating group) is 2. The topological polar surface area (TPSA) is 413 Å². The molecule has 0 saturated carbocycles. The third kappa shape index (κ3) is 26.0. The molecule has 2 bridgehead atoms. The molecule has 9 aliphatic heterocycles. The first-order valence-corrected chi connectivity index (χ1v) is 47.0. The number of Topliss-reactive ketones (excluding diaryl/α,β-unsaturated/α-hetero) is 1. The summed E-state index contributed by atoms with van der Waals surface area (Å²) in [4.78, 5) is 125. The molecule has 748 valence electrons. The number of nitrogens with zero attached hydrogens (tertiary/aromatic N) is 2. The third-order valence-corrected chi connectivity index (χ3v) is 28.0. The Labute approximate surface area is 792 Å². The van der Waals surface area contributed by atoms with Crippen LogP contribution in [-0.2, 0) is 133 Å². The molecular formula is C88H140Cl6N2O34. The highest BCUT2D eigenvalue weighted by Gasteiger charge is 2.69. The quantitative estimate of drug-likeness (QED) is 0.0577. The first-order chi connectivity index (χ1) is 60.0. The van der Waals surface area contributed by atoms with E-state index >= 15 is 0 Å². The summed E-state index contributed by atoms with van der Waals surface area (Å²) in [5.41, 5.74) is -8.92. The summed E-state index contributed by atoms with van der Waals surface area (Å²) in [6, 6.07) is -0.691. The number of alkyl halides is 6. The van der Waals surface area contributed by atoms with Gasteiger partial charge in [-0.3, -0.25) is 24.0 Å². The number of fused-ring (bicyclic) bond motifs is 4. The number of ketones is 1. The number of ether oxygens (including phenoxy) is 23. The number of carbonyl (C=O) groups is 9. The summed E-state index contributed by atoms with van der Waals surface area (Å²) in [5.74, 6) is -12.3. The molecule has 130 heavy (non-hydrogen) atoms. The van der Waals surface area contributed by atoms with E-state index in [1.54, 1.807) is 90.0 Å². The standard InChI is InChI=1S/2C44H70Cl3NO17/c1-15-16-29-42(11)34(62-39(52)64-42)25(6)44(53)21(2)18-41(10,65-44)33(61-37-32(58-27(8)49)28(48(12)13)17-22(3)56-37)23(4)31(24(5)36(50)59-29)60-30-19-40(9,54-14)35(26(7)57-30)63-38(51)55-20-43(45,46)47;1-15-16-29-43(11)35(63-40(53)65-43)23(4)31(50)21(2)18-41(9,54)34(62-38-33(59-27(8)49)28(48(12)13)17-22(3)57-38)24(5)32(25(6)37(51)60-29)61-30-19-42(10,55-14)36(26(7)58-30)64-39(52)56-20-44(45,46)47/h21-26,28-35,37,53H,15-20H2,1-14H3;21-26,28-30,32-36,38,54H,15-20H2,1-14H3/t21-,22?,23+,24-,25-,26?,28?,29-,30?,31+,32?,33-,34-,35?,37?,40?,41+,42-,44?;21-,22?,23+,24+,25-,26?,28?,29-,30?,32+,33?,34-,35-,36?,38?,41-,42?,43-/m11/s1. The van der Waals surface area contributed by atoms with Crippen LogP contribution < -0.4 is 0 Å². The van der Waals surface area contributed by atoms with Gasteiger partial charge in [-0.05, 0) is 150 Å². The summed E-state index contributed by atoms with van der Waals surface area (Å²) in [5, 5.41) is 25.6. The molecule has 9 aliphatic rings. The van der Waals surface area contributed by atoms with Gasteiger partial charge in [0, 0.05) is 64.6 Å². The second kappa shape index (κ2) is 44.3. The van der Waals surface area contributed by atoms with Crippen molar-refractivity contribution in [1.29, 1.82) is 0 Å². The molecule has 9 saturated heterocycles. The van der Waals surface area contributed by atoms with Crippen molar-refractivity contribution < 1.29 is 162 Å². The zero-order chi connectivity index (χ0) is 97.9. The van der Waals surface area contributed by atoms with Gasteiger partial charge < -0.3 is 129 Å². The summed E-state index contributed by atoms with van der Waals surface area (Å²) in [6.45, 7) is 35.7. The van der Waals surface area contributed by atoms with Crippen molar-refractivity contribution >= 4 is 124 Å². The highest BCUT2D eigenvalue weighted by Crippen LogP contribution is 2.55. The van der Waals surface area contributed by atoms with Crippen LogP contribution in [0.3, 0.4) is 0 Å². The number of cyclic esters (lactones) is 2. The van der Waals surface area contributed by atoms with E-state index in [4.69, 9.17) is 179 Å². The Morgan fingerprint density at radius 3 is 1.25 bits per heavy atom. The van der Waals surface area contributed by atoms with E-state index in [2.05, 4.69) is 0 Å². The molecule has 37 atom stereocenters. The van der Waals surface area contributed by atoms with Gasteiger partial charge in [0.15, 0.2) is 78.8 Å². The Hall–Kier alpha value is -4.23. The largest absolute Gasteiger partial charge is 0.509 e. The van der Waals surface area contributed by atoms with E-state index in [0.717, 1.165) is 0 Å². The molecule has 0 aromatic rings. The van der Waals surface area contributed by atoms with Crippen molar-refractivity contribution in [2.24, 2.45) is 47.3 Å². The average Bonchev–Trinajstić information content (AvgIpc) is 1.56. The molecule has 0 aliphatic carbocycles. The number of halogens is 6. The molecule has 0 aromatic carbocycles. The predicted molar refractivity (Wildman–Crippen MR) is 467 cm³/mol. The maximum Gasteiger partial charge on any atom is 0.509 e. The number of carbonyl (C=O) groups excluding carboxylic acids is 9. The Morgan fingerprint density at radius 2 is 0.869 bits per heavy atom. The summed E-state index contributed by atoms with van der Waals surface area (Å²) >= 11 is 34.7. The summed E-state index contributed by atoms with van der Waals surface area (Å²) in [7, 11) is 10.3. The van der Waals surface area contributed by atoms with Gasteiger partial charge in [-0.2, -0.15) is 0 Å². The average molecular weight is 1980 g/mol. The maximum atomic E-state index is 14.8. The lowest BCUT2D eigenvalue weighted by molar-refractivity contribution is -0.338. The fraction of sp³-hybridized carbons (Fsp3) is 0.898. The molecule has 0 amide bonds. The van der Waals surface area contributed by atoms with Gasteiger partial charge in [0.1, 0.15) is 42.4 Å². The molecule has 9 heterocycles. The minimum absolute atomic E-state index is 0.0252. The van der Waals surface area contributed by atoms with Crippen molar-refractivity contribution in [3.05, 3.63) is 0 Å². The fourth-order valence-corrected chi connectivity index (χ4v) is 21.0. The van der Waals surface area contributed by atoms with E-state index in [-0.39, 0.29) is 68.6 Å². The smallest absolute Gasteiger partial charge is 0.458 e. The molecule has 0 radical (unpaired) electrons. The van der Waals surface area contributed by atoms with Crippen LogP contribution in [0.1, 0.15) is 217 Å². The number of aliphatic hydroxyl groups is 2. The van der Waals surface area contributed by atoms with Crippen LogP contribution in [0.2, 0.25) is 0 Å². The van der Waals surface area contributed by atoms with Gasteiger partial charge in [-0.1, -0.05) is 138 Å². The molecule has 0 aromatic heterocycles. The van der Waals surface area contributed by atoms with Crippen molar-refractivity contribution in [3.8, 4) is 0 Å². The second-order valence-corrected chi connectivity index (χ2v) is 43.6. The minimum Gasteiger partial charge on any atom is -0.458 e. The summed E-state index contributed by atoms with van der Waals surface area (Å²) in [6.07, 6.45) is -22.0. The normalized spacial score (nSPS) is 43.6. The lowest BCUT2D eigenvalue weighted by atomic mass is 9.74. The van der Waals surface area contributed by atoms with Crippen molar-refractivity contribution in [1.82, 2.24) is 9.80 Å². The molecule has 42 heteroatoms. The monoisotopic (exact) mass is 1980 g/mol. The van der Waals surface area contributed by atoms with Gasteiger partial charge in [-0.25, -0.2) is 19.2 Å². The van der Waals surface area contributed by atoms with Crippen molar-refractivity contribution in [2.45, 2.75) is 398 Å². The molecule has 9 fully saturated rings. The van der Waals surface area contributed by atoms with E-state index in [1.165, 1.54) is 35.0 Å². The molecule has 9 rings (SSSR count). The zero-order valence-corrected chi connectivity index (χ0v) is 84.5. The highest BCUT2D eigenvalue weighted by atomic mass is 35.6. The minimum atomic E-state index is -1.95. The van der Waals surface area contributed by atoms with Crippen LogP contribution in [0.5, 0.6) is 0 Å². The third-order valence-electron chi connectivity index (χ3n) is 27.3. The maximum absolute atomic E-state index is 14.8. The predicted octanol–water partition coefficient (Wildman–Crippen LogP) is 13.1. The number of rotatable bonds is 22. The SMILES string of the molecule is CCC[C@H]1OC(=O)[C@H](C)[C@@H](OC2CC(C)(OC)C(OC(=O)OCC(Cl)(Cl)Cl)C(C)O2)[C@H](C)[C@@H](OC2OC(C)CC(N(C)C)C2OC(C)=O)[C@](C)(O)C[C@@H](C)C(=O)[C@H](C)[C@H]2OC(=O)O[C@@]21C.CCC[C@H]1OC(=O)[C@H](C)[C@@H](OC2CC(C)(OC)C(OC(=O)OCC(Cl)(Cl)Cl)C(C)O2)[C@H](C)[C@@H](OC2OC(C)CC(N(C)C)C2OC(C)=O)[C@]2(C)C[C@@H](C)C(O)(O2)[C@H](C)[C@H]2OC(=O)O[C@@]21C. The van der Waals surface area contributed by atoms with Gasteiger partial charge in [0.05, 0.1) is 95.8 Å². The number of hydrogen-bond donors (Lipinski definition) is 2. The van der Waals surface area contributed by atoms with E-state index in [9.17, 15) is 53.4 Å². The van der Waals surface area contributed by atoms with E-state index in [1.807, 2.05) is 79.5 Å². The van der Waals surface area contributed by atoms with E-state index in [0.29, 0.717) is 25.7 Å². The number of methoxy groups -OCH3 is 2. The Bertz CT molecular complexity index is 3870. The summed E-state index contributed by atoms with van der Waals surface area (Å²) < 4.78 is 137. The Balaban J connectivity index is 0.000000321. The highest BCUT2D eigenvalue weighted by molar-refractivity contribution is 6.68. The van der Waals surface area contributed by atoms with Crippen LogP contribution in [0.4, 0.5) is 19.2 Å². The van der Waals surface area contributed by atoms with Crippen LogP contribution >= 0.6 is 69.6 Å². The lowest BCUT2D eigenvalue weighted by Gasteiger charge is -2.49. The lowest BCUT2D eigenvalue weighted by Crippen LogP contribution is -2.61. The van der Waals surface area contributed by atoms with Gasteiger partial charge >= 0.3 is 48.5 Å². The zero-order valence-electron chi connectivity index (χ0n) is 79.9. The number of esters is 4. The number of hydrogen-bond acceptors (Lipinski definition) is 36. The van der Waals surface area contributed by atoms with Crippen LogP contribution in [0, 0.1) is 47.3 Å². The molecule has 17 unspecified atom stereocenters. The first kappa shape index (κ1) is 111. The second-order valence-electron chi connectivity index (χ2n) is 38.6. The van der Waals surface area contributed by atoms with Crippen LogP contribution in [0.15, 0.2) is 0 Å². The van der Waals surface area contributed by atoms with Crippen LogP contribution in [0.25, 0.3) is 0 Å². The van der Waals surface area contributed by atoms with Gasteiger partial charge in [-0.15, -0.1) is 0 Å². The van der Waals surface area contributed by atoms with E-state index < -0.39 is 267 Å².